The summed E-state index contributed by atoms with van der Waals surface area (Å²) < 4.78 is 26.1. The summed E-state index contributed by atoms with van der Waals surface area (Å²) in [4.78, 5) is 25.8. The Bertz CT molecular complexity index is 1770. The lowest BCUT2D eigenvalue weighted by Crippen LogP contribution is -2.38. The number of hydrogen-bond donors (Lipinski definition) is 2. The molecule has 6 rings (SSSR count). The van der Waals surface area contributed by atoms with E-state index in [1.165, 1.54) is 6.33 Å². The van der Waals surface area contributed by atoms with Gasteiger partial charge in [0.2, 0.25) is 5.91 Å². The average Bonchev–Trinajstić information content (AvgIpc) is 3.69. The number of rotatable bonds is 10. The van der Waals surface area contributed by atoms with Gasteiger partial charge < -0.3 is 29.4 Å². The zero-order chi connectivity index (χ0) is 33.2. The van der Waals surface area contributed by atoms with Crippen molar-refractivity contribution in [1.82, 2.24) is 19.5 Å². The largest absolute Gasteiger partial charge is 0.497 e. The van der Waals surface area contributed by atoms with Crippen molar-refractivity contribution in [2.45, 2.75) is 51.2 Å². The van der Waals surface area contributed by atoms with Crippen molar-refractivity contribution in [1.29, 1.82) is 0 Å². The molecule has 1 saturated heterocycles. The molecule has 2 N–H and O–H groups in total. The van der Waals surface area contributed by atoms with Crippen LogP contribution in [-0.2, 0) is 19.9 Å². The number of hydrogen-bond acceptors (Lipinski definition) is 9. The molecule has 11 heteroatoms. The van der Waals surface area contributed by atoms with Crippen LogP contribution < -0.4 is 14.8 Å². The number of carbonyl (C=O) groups excluding carboxylic acids is 1. The number of nitrogens with zero attached hydrogens (tertiary/aromatic N) is 4. The predicted octanol–water partition coefficient (Wildman–Crippen LogP) is 5.49. The lowest BCUT2D eigenvalue weighted by Gasteiger charge is -2.37. The summed E-state index contributed by atoms with van der Waals surface area (Å²) in [6, 6.07) is 25.5. The highest BCUT2D eigenvalue weighted by atomic mass is 16.6. The molecule has 0 spiro atoms. The van der Waals surface area contributed by atoms with Gasteiger partial charge in [0, 0.05) is 11.8 Å². The molecule has 0 saturated carbocycles. The van der Waals surface area contributed by atoms with Gasteiger partial charge in [-0.05, 0) is 41.0 Å². The lowest BCUT2D eigenvalue weighted by molar-refractivity contribution is -0.123. The number of methoxy groups -OCH3 is 2. The van der Waals surface area contributed by atoms with Crippen molar-refractivity contribution in [3.05, 3.63) is 108 Å². The first-order chi connectivity index (χ1) is 22.6. The van der Waals surface area contributed by atoms with Crippen LogP contribution in [0.1, 0.15) is 50.1 Å². The highest BCUT2D eigenvalue weighted by Gasteiger charge is 2.42. The fraction of sp³-hybridized carbons (Fsp3) is 0.333. The second kappa shape index (κ2) is 13.1. The summed E-state index contributed by atoms with van der Waals surface area (Å²) in [6.07, 6.45) is 1.19. The Morgan fingerprint density at radius 3 is 2.06 bits per heavy atom. The van der Waals surface area contributed by atoms with Crippen molar-refractivity contribution in [2.24, 2.45) is 5.41 Å². The van der Waals surface area contributed by atoms with E-state index in [9.17, 15) is 9.90 Å². The normalized spacial score (nSPS) is 18.3. The van der Waals surface area contributed by atoms with Crippen LogP contribution in [0.5, 0.6) is 11.5 Å². The highest BCUT2D eigenvalue weighted by Crippen LogP contribution is 2.43. The first-order valence-electron chi connectivity index (χ1n) is 15.4. The van der Waals surface area contributed by atoms with Crippen LogP contribution in [0.3, 0.4) is 0 Å². The molecule has 2 aromatic heterocycles. The smallest absolute Gasteiger partial charge is 0.230 e. The zero-order valence-electron chi connectivity index (χ0n) is 27.1. The second-order valence-corrected chi connectivity index (χ2v) is 12.5. The van der Waals surface area contributed by atoms with Crippen molar-refractivity contribution in [2.75, 3.05) is 26.1 Å². The number of nitrogens with one attached hydrogen (secondary N) is 1. The van der Waals surface area contributed by atoms with E-state index in [2.05, 4.69) is 20.3 Å². The molecular formula is C36H39N5O6. The summed E-state index contributed by atoms with van der Waals surface area (Å²) in [5.41, 5.74) is 1.90. The summed E-state index contributed by atoms with van der Waals surface area (Å²) in [7, 11) is 3.26. The first kappa shape index (κ1) is 32.1. The Hall–Kier alpha value is -4.84. The van der Waals surface area contributed by atoms with Gasteiger partial charge in [-0.25, -0.2) is 15.0 Å². The molecule has 47 heavy (non-hydrogen) atoms. The summed E-state index contributed by atoms with van der Waals surface area (Å²) in [5.74, 6) is 1.58. The van der Waals surface area contributed by atoms with E-state index in [-0.39, 0.29) is 18.9 Å². The minimum absolute atomic E-state index is 0.0686. The molecule has 1 aliphatic heterocycles. The van der Waals surface area contributed by atoms with Gasteiger partial charge in [0.1, 0.15) is 35.8 Å². The maximum absolute atomic E-state index is 12.7. The monoisotopic (exact) mass is 637 g/mol. The van der Waals surface area contributed by atoms with Crippen LogP contribution in [0.2, 0.25) is 0 Å². The summed E-state index contributed by atoms with van der Waals surface area (Å²) in [5, 5.41) is 14.1. The Morgan fingerprint density at radius 2 is 1.49 bits per heavy atom. The van der Waals surface area contributed by atoms with Gasteiger partial charge in [-0.15, -0.1) is 0 Å². The number of carbonyl (C=O) groups is 1. The Kier molecular flexibility index (Phi) is 8.96. The van der Waals surface area contributed by atoms with Gasteiger partial charge in [-0.3, -0.25) is 9.36 Å². The first-order valence-corrected chi connectivity index (χ1v) is 15.4. The second-order valence-electron chi connectivity index (χ2n) is 12.5. The molecule has 3 aromatic carbocycles. The summed E-state index contributed by atoms with van der Waals surface area (Å²) in [6.45, 7) is 5.54. The van der Waals surface area contributed by atoms with Gasteiger partial charge in [0.15, 0.2) is 17.0 Å². The number of imidazole rings is 1. The van der Waals surface area contributed by atoms with Crippen LogP contribution in [0.15, 0.2) is 91.5 Å². The van der Waals surface area contributed by atoms with Gasteiger partial charge in [0.05, 0.1) is 33.3 Å². The molecular weight excluding hydrogens is 598 g/mol. The number of ether oxygens (including phenoxy) is 4. The van der Waals surface area contributed by atoms with Gasteiger partial charge in [-0.2, -0.15) is 0 Å². The van der Waals surface area contributed by atoms with Gasteiger partial charge >= 0.3 is 0 Å². The van der Waals surface area contributed by atoms with Crippen LogP contribution in [0, 0.1) is 5.41 Å². The van der Waals surface area contributed by atoms with Crippen molar-refractivity contribution >= 4 is 22.9 Å². The number of aromatic nitrogens is 4. The van der Waals surface area contributed by atoms with Crippen molar-refractivity contribution in [3.63, 3.8) is 0 Å². The minimum Gasteiger partial charge on any atom is -0.497 e. The zero-order valence-corrected chi connectivity index (χ0v) is 27.1. The Balaban J connectivity index is 1.32. The van der Waals surface area contributed by atoms with E-state index >= 15 is 0 Å². The minimum atomic E-state index is -1.06. The van der Waals surface area contributed by atoms with Crippen LogP contribution in [-0.4, -0.2) is 63.6 Å². The van der Waals surface area contributed by atoms with Gasteiger partial charge in [0.25, 0.3) is 0 Å². The van der Waals surface area contributed by atoms with Crippen LogP contribution >= 0.6 is 0 Å². The number of aliphatic hydroxyl groups is 1. The molecule has 1 amide bonds. The maximum atomic E-state index is 12.7. The number of fused-ring (bicyclic) bond motifs is 1. The number of amides is 1. The van der Waals surface area contributed by atoms with E-state index in [1.807, 2.05) is 99.6 Å². The van der Waals surface area contributed by atoms with Gasteiger partial charge in [-0.1, -0.05) is 75.4 Å². The predicted molar refractivity (Wildman–Crippen MR) is 176 cm³/mol. The molecule has 1 aliphatic rings. The summed E-state index contributed by atoms with van der Waals surface area (Å²) >= 11 is 0. The third-order valence-corrected chi connectivity index (χ3v) is 8.42. The Labute approximate surface area is 273 Å². The molecule has 3 heterocycles. The fourth-order valence-corrected chi connectivity index (χ4v) is 5.77. The molecule has 11 nitrogen and oxygen atoms in total. The van der Waals surface area contributed by atoms with Crippen LogP contribution in [0.4, 0.5) is 5.82 Å². The Morgan fingerprint density at radius 1 is 0.894 bits per heavy atom. The van der Waals surface area contributed by atoms with E-state index in [1.54, 1.807) is 25.1 Å². The van der Waals surface area contributed by atoms with Crippen molar-refractivity contribution < 1.29 is 28.8 Å². The number of anilines is 1. The van der Waals surface area contributed by atoms with Crippen LogP contribution in [0.25, 0.3) is 11.2 Å². The molecule has 0 unspecified atom stereocenters. The number of aliphatic hydroxyl groups excluding tert-OH is 1. The quantitative estimate of drug-likeness (QED) is 0.191. The highest BCUT2D eigenvalue weighted by molar-refractivity contribution is 5.99. The molecule has 1 fully saturated rings. The van der Waals surface area contributed by atoms with Crippen molar-refractivity contribution in [3.8, 4) is 11.5 Å². The SMILES string of the molecule is COc1ccc(C(OC[C@H]2O[C@@H](n3cnc4c(NC(=O)C(C)(C)C)ncnc43)C[C@@H]2O)(c2ccccc2)c2ccc(OC)cc2)cc1. The van der Waals surface area contributed by atoms with E-state index < -0.39 is 29.5 Å². The fourth-order valence-electron chi connectivity index (χ4n) is 5.77. The topological polar surface area (TPSA) is 130 Å². The third kappa shape index (κ3) is 6.29. The maximum Gasteiger partial charge on any atom is 0.230 e. The van der Waals surface area contributed by atoms with E-state index in [0.29, 0.717) is 17.0 Å². The third-order valence-electron chi connectivity index (χ3n) is 8.42. The molecule has 0 aliphatic carbocycles. The lowest BCUT2D eigenvalue weighted by atomic mass is 9.80. The van der Waals surface area contributed by atoms with E-state index in [0.717, 1.165) is 28.2 Å². The number of benzene rings is 3. The molecule has 5 aromatic rings. The molecule has 0 bridgehead atoms. The van der Waals surface area contributed by atoms with E-state index in [4.69, 9.17) is 18.9 Å². The molecule has 3 atom stereocenters. The molecule has 244 valence electrons. The average molecular weight is 638 g/mol. The standard InChI is InChI=1S/C36H39N5O6/c1-35(2,3)34(43)40-32-31-33(38-21-37-32)41(22-39-31)30-19-28(42)29(47-30)20-46-36(23-9-7-6-8-10-23,24-11-15-26(44-4)16-12-24)25-13-17-27(45-5)18-14-25/h6-18,21-22,28-30,42H,19-20H2,1-5H3,(H,37,38,40,43)/t28-,29+,30+/m0/s1. The molecule has 0 radical (unpaired) electrons.